The van der Waals surface area contributed by atoms with Gasteiger partial charge >= 0.3 is 0 Å². The lowest BCUT2D eigenvalue weighted by Gasteiger charge is -1.99. The fraction of sp³-hybridized carbons (Fsp3) is 0.200. The average Bonchev–Trinajstić information content (AvgIpc) is 2.17. The van der Waals surface area contributed by atoms with E-state index in [1.54, 1.807) is 12.1 Å². The first-order chi connectivity index (χ1) is 7.33. The summed E-state index contributed by atoms with van der Waals surface area (Å²) in [5.41, 5.74) is 0.523. The van der Waals surface area contributed by atoms with Crippen LogP contribution in [0.1, 0.15) is 12.5 Å². The molecule has 1 rings (SSSR count). The molecule has 0 saturated carbocycles. The number of allylic oxidation sites excluding steroid dienone is 1. The number of rotatable bonds is 3. The molecule has 0 saturated heterocycles. The van der Waals surface area contributed by atoms with Gasteiger partial charge in [0, 0.05) is 6.92 Å². The van der Waals surface area contributed by atoms with Gasteiger partial charge in [0.1, 0.15) is 5.41 Å². The van der Waals surface area contributed by atoms with Crippen LogP contribution in [-0.2, 0) is 9.84 Å². The van der Waals surface area contributed by atoms with Gasteiger partial charge in [-0.15, -0.1) is 0 Å². The third-order valence-electron chi connectivity index (χ3n) is 1.96. The first-order valence-corrected chi connectivity index (χ1v) is 6.02. The zero-order valence-corrected chi connectivity index (χ0v) is 9.69. The largest absolute Gasteiger partial charge is 0.259 e. The lowest BCUT2D eigenvalue weighted by atomic mass is 10.2. The highest BCUT2D eigenvalue weighted by atomic mass is 32.2. The molecule has 0 radical (unpaired) electrons. The number of hydrogen-bond donors (Lipinski definition) is 0. The minimum absolute atomic E-state index is 0.0549. The van der Waals surface area contributed by atoms with Crippen LogP contribution < -0.4 is 0 Å². The Morgan fingerprint density at radius 2 is 1.81 bits per heavy atom. The van der Waals surface area contributed by atoms with Crippen molar-refractivity contribution >= 4 is 9.84 Å². The second-order valence-electron chi connectivity index (χ2n) is 3.37. The molecule has 16 heavy (non-hydrogen) atoms. The molecule has 5 nitrogen and oxygen atoms in total. The van der Waals surface area contributed by atoms with Gasteiger partial charge in [0.2, 0.25) is 9.84 Å². The zero-order chi connectivity index (χ0) is 12.3. The molecule has 0 spiro atoms. The molecule has 0 bridgehead atoms. The fourth-order valence-electron chi connectivity index (χ4n) is 1.06. The van der Waals surface area contributed by atoms with Gasteiger partial charge in [0.05, 0.1) is 9.82 Å². The van der Waals surface area contributed by atoms with Crippen molar-refractivity contribution in [3.8, 4) is 0 Å². The molecule has 0 aliphatic heterocycles. The van der Waals surface area contributed by atoms with Gasteiger partial charge in [-0.3, -0.25) is 10.1 Å². The van der Waals surface area contributed by atoms with Crippen LogP contribution in [0.3, 0.4) is 0 Å². The van der Waals surface area contributed by atoms with Crippen molar-refractivity contribution in [3.63, 3.8) is 0 Å². The number of benzene rings is 1. The Balaban J connectivity index is 3.18. The Bertz CT molecular complexity index is 528. The quantitative estimate of drug-likeness (QED) is 0.598. The Labute approximate surface area is 93.5 Å². The predicted molar refractivity (Wildman–Crippen MR) is 59.1 cm³/mol. The van der Waals surface area contributed by atoms with Crippen molar-refractivity contribution in [3.05, 3.63) is 51.0 Å². The third kappa shape index (κ3) is 2.90. The molecule has 0 heterocycles. The van der Waals surface area contributed by atoms with E-state index >= 15 is 0 Å². The maximum atomic E-state index is 11.7. The molecule has 6 heteroatoms. The standard InChI is InChI=1S/C10H11NO4S/c1-8-3-5-10(6-4-8)16(14,15)7-9(2)11(12)13/h3-7H,1-2H3/b9-7-. The predicted octanol–water partition coefficient (Wildman–Crippen LogP) is 1.91. The van der Waals surface area contributed by atoms with Gasteiger partial charge in [-0.2, -0.15) is 0 Å². The molecule has 0 unspecified atom stereocenters. The van der Waals surface area contributed by atoms with Crippen LogP contribution in [0.5, 0.6) is 0 Å². The Morgan fingerprint density at radius 1 is 1.31 bits per heavy atom. The summed E-state index contributed by atoms with van der Waals surface area (Å²) >= 11 is 0. The highest BCUT2D eigenvalue weighted by Gasteiger charge is 2.15. The third-order valence-corrected chi connectivity index (χ3v) is 3.54. The Hall–Kier alpha value is -1.69. The Morgan fingerprint density at radius 3 is 2.25 bits per heavy atom. The molecule has 0 aromatic heterocycles. The maximum Gasteiger partial charge on any atom is 0.254 e. The van der Waals surface area contributed by atoms with Crippen LogP contribution in [0.25, 0.3) is 0 Å². The summed E-state index contributed by atoms with van der Waals surface area (Å²) in [5, 5.41) is 11.0. The van der Waals surface area contributed by atoms with Gasteiger partial charge in [-0.25, -0.2) is 8.42 Å². The van der Waals surface area contributed by atoms with Crippen molar-refractivity contribution in [1.29, 1.82) is 0 Å². The molecule has 0 atom stereocenters. The molecular formula is C10H11NO4S. The molecule has 0 aliphatic rings. The number of nitro groups is 1. The van der Waals surface area contributed by atoms with Crippen molar-refractivity contribution in [2.24, 2.45) is 0 Å². The summed E-state index contributed by atoms with van der Waals surface area (Å²) in [5.74, 6) is 0. The van der Waals surface area contributed by atoms with E-state index in [1.807, 2.05) is 6.92 Å². The number of hydrogen-bond acceptors (Lipinski definition) is 4. The fourth-order valence-corrected chi connectivity index (χ4v) is 2.25. The summed E-state index contributed by atoms with van der Waals surface area (Å²) < 4.78 is 23.4. The van der Waals surface area contributed by atoms with Gasteiger partial charge in [0.15, 0.2) is 0 Å². The van der Waals surface area contributed by atoms with E-state index in [4.69, 9.17) is 0 Å². The molecule has 86 valence electrons. The highest BCUT2D eigenvalue weighted by Crippen LogP contribution is 2.14. The normalized spacial score (nSPS) is 12.5. The molecule has 0 amide bonds. The summed E-state index contributed by atoms with van der Waals surface area (Å²) in [7, 11) is -3.72. The van der Waals surface area contributed by atoms with Crippen molar-refractivity contribution in [2.45, 2.75) is 18.7 Å². The smallest absolute Gasteiger partial charge is 0.254 e. The van der Waals surface area contributed by atoms with Crippen molar-refractivity contribution in [1.82, 2.24) is 0 Å². The molecular weight excluding hydrogens is 230 g/mol. The lowest BCUT2D eigenvalue weighted by molar-refractivity contribution is -0.424. The van der Waals surface area contributed by atoms with Crippen LogP contribution in [0.15, 0.2) is 40.3 Å². The maximum absolute atomic E-state index is 11.7. The average molecular weight is 241 g/mol. The second-order valence-corrected chi connectivity index (χ2v) is 5.17. The number of nitrogens with zero attached hydrogens (tertiary/aromatic N) is 1. The van der Waals surface area contributed by atoms with E-state index in [-0.39, 0.29) is 4.90 Å². The minimum atomic E-state index is -3.72. The van der Waals surface area contributed by atoms with Gasteiger partial charge in [-0.05, 0) is 19.1 Å². The second kappa shape index (κ2) is 4.44. The highest BCUT2D eigenvalue weighted by molar-refractivity contribution is 7.94. The molecule has 0 N–H and O–H groups in total. The number of sulfone groups is 1. The van der Waals surface area contributed by atoms with E-state index in [2.05, 4.69) is 0 Å². The van der Waals surface area contributed by atoms with Crippen LogP contribution in [0, 0.1) is 17.0 Å². The molecule has 0 fully saturated rings. The first kappa shape index (κ1) is 12.4. The van der Waals surface area contributed by atoms with Crippen LogP contribution >= 0.6 is 0 Å². The summed E-state index contributed by atoms with van der Waals surface area (Å²) in [6.45, 7) is 2.97. The molecule has 1 aromatic carbocycles. The van der Waals surface area contributed by atoms with E-state index < -0.39 is 20.5 Å². The SMILES string of the molecule is C/C(=C/S(=O)(=O)c1ccc(C)cc1)[N+](=O)[O-]. The van der Waals surface area contributed by atoms with E-state index in [0.717, 1.165) is 12.5 Å². The van der Waals surface area contributed by atoms with Crippen molar-refractivity contribution < 1.29 is 13.3 Å². The van der Waals surface area contributed by atoms with Gasteiger partial charge in [-0.1, -0.05) is 17.7 Å². The molecule has 0 aliphatic carbocycles. The van der Waals surface area contributed by atoms with Crippen LogP contribution in [0.2, 0.25) is 0 Å². The number of aryl methyl sites for hydroxylation is 1. The van der Waals surface area contributed by atoms with Gasteiger partial charge in [0.25, 0.3) is 5.70 Å². The lowest BCUT2D eigenvalue weighted by Crippen LogP contribution is -2.01. The van der Waals surface area contributed by atoms with Crippen molar-refractivity contribution in [2.75, 3.05) is 0 Å². The van der Waals surface area contributed by atoms with E-state index in [1.165, 1.54) is 12.1 Å². The summed E-state index contributed by atoms with van der Waals surface area (Å²) in [6, 6.07) is 6.13. The van der Waals surface area contributed by atoms with Gasteiger partial charge < -0.3 is 0 Å². The first-order valence-electron chi connectivity index (χ1n) is 4.47. The van der Waals surface area contributed by atoms with E-state index in [0.29, 0.717) is 5.41 Å². The summed E-state index contributed by atoms with van der Waals surface area (Å²) in [4.78, 5) is 9.66. The topological polar surface area (TPSA) is 77.3 Å². The Kier molecular flexibility index (Phi) is 3.44. The van der Waals surface area contributed by atoms with Crippen LogP contribution in [-0.4, -0.2) is 13.3 Å². The minimum Gasteiger partial charge on any atom is -0.259 e. The van der Waals surface area contributed by atoms with E-state index in [9.17, 15) is 18.5 Å². The van der Waals surface area contributed by atoms with Crippen LogP contribution in [0.4, 0.5) is 0 Å². The molecule has 1 aromatic rings. The summed E-state index contributed by atoms with van der Waals surface area (Å²) in [6.07, 6.45) is 0. The zero-order valence-electron chi connectivity index (χ0n) is 8.88. The monoisotopic (exact) mass is 241 g/mol.